The van der Waals surface area contributed by atoms with E-state index < -0.39 is 0 Å². The second-order valence-electron chi connectivity index (χ2n) is 3.90. The van der Waals surface area contributed by atoms with E-state index in [0.717, 1.165) is 26.6 Å². The summed E-state index contributed by atoms with van der Waals surface area (Å²) in [5.74, 6) is 0.729. The molecule has 1 N–H and O–H groups in total. The summed E-state index contributed by atoms with van der Waals surface area (Å²) < 4.78 is 11.1. The molecule has 0 saturated heterocycles. The Morgan fingerprint density at radius 3 is 3.00 bits per heavy atom. The minimum Gasteiger partial charge on any atom is -0.466 e. The van der Waals surface area contributed by atoms with Crippen LogP contribution in [0.1, 0.15) is 11.3 Å². The number of thiazole rings is 1. The van der Waals surface area contributed by atoms with Gasteiger partial charge in [-0.05, 0) is 46.6 Å². The largest absolute Gasteiger partial charge is 0.466 e. The Kier molecular flexibility index (Phi) is 5.51. The van der Waals surface area contributed by atoms with Crippen LogP contribution >= 0.6 is 27.3 Å². The van der Waals surface area contributed by atoms with Crippen molar-refractivity contribution >= 4 is 38.6 Å². The molecule has 0 radical (unpaired) electrons. The average molecular weight is 356 g/mol. The third-order valence-corrected chi connectivity index (χ3v) is 3.77. The third kappa shape index (κ3) is 4.29. The first-order valence-electron chi connectivity index (χ1n) is 5.81. The van der Waals surface area contributed by atoms with Crippen LogP contribution in [0.5, 0.6) is 5.75 Å². The molecule has 20 heavy (non-hydrogen) atoms. The third-order valence-electron chi connectivity index (χ3n) is 2.28. The summed E-state index contributed by atoms with van der Waals surface area (Å²) in [4.78, 5) is 4.26. The van der Waals surface area contributed by atoms with Crippen LogP contribution in [0.15, 0.2) is 33.2 Å². The molecule has 0 aliphatic heterocycles. The molecule has 7 heteroatoms. The van der Waals surface area contributed by atoms with Gasteiger partial charge in [-0.3, -0.25) is 5.43 Å². The van der Waals surface area contributed by atoms with Crippen LogP contribution in [0.2, 0.25) is 0 Å². The van der Waals surface area contributed by atoms with Crippen LogP contribution in [-0.2, 0) is 4.74 Å². The van der Waals surface area contributed by atoms with E-state index in [1.54, 1.807) is 13.3 Å². The maximum absolute atomic E-state index is 5.38. The summed E-state index contributed by atoms with van der Waals surface area (Å²) in [6.07, 6.45) is 1.72. The van der Waals surface area contributed by atoms with Gasteiger partial charge in [-0.1, -0.05) is 0 Å². The molecule has 1 aromatic carbocycles. The summed E-state index contributed by atoms with van der Waals surface area (Å²) in [6, 6.07) is 5.69. The summed E-state index contributed by atoms with van der Waals surface area (Å²) in [5, 5.41) is 6.89. The monoisotopic (exact) mass is 355 g/mol. The summed E-state index contributed by atoms with van der Waals surface area (Å²) in [7, 11) is 1.58. The predicted molar refractivity (Wildman–Crippen MR) is 84.7 cm³/mol. The van der Waals surface area contributed by atoms with Gasteiger partial charge in [-0.15, -0.1) is 11.3 Å². The standard InChI is InChI=1S/C13H14BrN3O2S/c1-9-7-20-13(16-9)17-15-6-10-3-4-12(11(14)5-10)19-8-18-2/h3-7H,8H2,1-2H3,(H,16,17). The van der Waals surface area contributed by atoms with Gasteiger partial charge in [0, 0.05) is 12.5 Å². The van der Waals surface area contributed by atoms with Crippen LogP contribution in [0.4, 0.5) is 5.13 Å². The van der Waals surface area contributed by atoms with Crippen molar-refractivity contribution in [3.05, 3.63) is 39.3 Å². The van der Waals surface area contributed by atoms with Gasteiger partial charge < -0.3 is 9.47 Å². The smallest absolute Gasteiger partial charge is 0.203 e. The molecule has 106 valence electrons. The van der Waals surface area contributed by atoms with Crippen molar-refractivity contribution in [2.24, 2.45) is 5.10 Å². The lowest BCUT2D eigenvalue weighted by atomic mass is 10.2. The lowest BCUT2D eigenvalue weighted by Crippen LogP contribution is -1.99. The van der Waals surface area contributed by atoms with Gasteiger partial charge in [0.1, 0.15) is 5.75 Å². The van der Waals surface area contributed by atoms with Crippen molar-refractivity contribution in [2.75, 3.05) is 19.3 Å². The second kappa shape index (κ2) is 7.37. The summed E-state index contributed by atoms with van der Waals surface area (Å²) in [6.45, 7) is 2.16. The van der Waals surface area contributed by atoms with E-state index in [1.807, 2.05) is 30.5 Å². The number of rotatable bonds is 6. The Labute approximate surface area is 129 Å². The Hall–Kier alpha value is -1.44. The molecule has 0 aliphatic carbocycles. The van der Waals surface area contributed by atoms with Crippen LogP contribution in [0, 0.1) is 6.92 Å². The van der Waals surface area contributed by atoms with E-state index in [9.17, 15) is 0 Å². The van der Waals surface area contributed by atoms with E-state index in [4.69, 9.17) is 9.47 Å². The molecule has 2 aromatic rings. The van der Waals surface area contributed by atoms with E-state index in [2.05, 4.69) is 31.4 Å². The van der Waals surface area contributed by atoms with Gasteiger partial charge in [-0.2, -0.15) is 5.10 Å². The Bertz CT molecular complexity index is 601. The number of aromatic nitrogens is 1. The Morgan fingerprint density at radius 2 is 2.35 bits per heavy atom. The van der Waals surface area contributed by atoms with Crippen molar-refractivity contribution in [2.45, 2.75) is 6.92 Å². The lowest BCUT2D eigenvalue weighted by molar-refractivity contribution is 0.0506. The highest BCUT2D eigenvalue weighted by Crippen LogP contribution is 2.25. The molecule has 0 atom stereocenters. The van der Waals surface area contributed by atoms with Crippen LogP contribution < -0.4 is 10.2 Å². The fourth-order valence-corrected chi connectivity index (χ4v) is 2.55. The molecule has 0 unspecified atom stereocenters. The molecule has 0 amide bonds. The van der Waals surface area contributed by atoms with Crippen molar-refractivity contribution in [3.8, 4) is 5.75 Å². The number of hydrogen-bond donors (Lipinski definition) is 1. The van der Waals surface area contributed by atoms with Crippen molar-refractivity contribution < 1.29 is 9.47 Å². The Balaban J connectivity index is 1.97. The first-order chi connectivity index (χ1) is 9.69. The highest BCUT2D eigenvalue weighted by atomic mass is 79.9. The van der Waals surface area contributed by atoms with Crippen LogP contribution in [0.3, 0.4) is 0 Å². The number of hydrazone groups is 1. The number of nitrogens with one attached hydrogen (secondary N) is 1. The molecule has 0 saturated carbocycles. The normalized spacial score (nSPS) is 10.9. The van der Waals surface area contributed by atoms with Crippen molar-refractivity contribution in [1.29, 1.82) is 0 Å². The molecule has 2 rings (SSSR count). The van der Waals surface area contributed by atoms with Gasteiger partial charge in [-0.25, -0.2) is 4.98 Å². The molecule has 1 aromatic heterocycles. The number of aryl methyl sites for hydroxylation is 1. The van der Waals surface area contributed by atoms with Gasteiger partial charge >= 0.3 is 0 Å². The Morgan fingerprint density at radius 1 is 1.50 bits per heavy atom. The number of halogens is 1. The zero-order chi connectivity index (χ0) is 14.4. The zero-order valence-electron chi connectivity index (χ0n) is 11.1. The second-order valence-corrected chi connectivity index (χ2v) is 5.62. The first kappa shape index (κ1) is 15.0. The van der Waals surface area contributed by atoms with Gasteiger partial charge in [0.15, 0.2) is 6.79 Å². The predicted octanol–water partition coefficient (Wildman–Crippen LogP) is 3.64. The molecular formula is C13H14BrN3O2S. The van der Waals surface area contributed by atoms with Crippen molar-refractivity contribution in [1.82, 2.24) is 4.98 Å². The van der Waals surface area contributed by atoms with E-state index >= 15 is 0 Å². The molecule has 0 aliphatic rings. The fraction of sp³-hybridized carbons (Fsp3) is 0.231. The number of ether oxygens (including phenoxy) is 2. The molecule has 5 nitrogen and oxygen atoms in total. The van der Waals surface area contributed by atoms with Crippen LogP contribution in [0.25, 0.3) is 0 Å². The fourth-order valence-electron chi connectivity index (χ4n) is 1.40. The topological polar surface area (TPSA) is 55.7 Å². The number of anilines is 1. The first-order valence-corrected chi connectivity index (χ1v) is 7.49. The van der Waals surface area contributed by atoms with Gasteiger partial charge in [0.25, 0.3) is 0 Å². The maximum Gasteiger partial charge on any atom is 0.203 e. The molecule has 0 spiro atoms. The van der Waals surface area contributed by atoms with Crippen LogP contribution in [-0.4, -0.2) is 25.1 Å². The summed E-state index contributed by atoms with van der Waals surface area (Å²) in [5.41, 5.74) is 4.82. The number of methoxy groups -OCH3 is 1. The number of hydrogen-bond acceptors (Lipinski definition) is 6. The quantitative estimate of drug-likeness (QED) is 0.488. The number of nitrogens with zero attached hydrogens (tertiary/aromatic N) is 2. The van der Waals surface area contributed by atoms with E-state index in [1.165, 1.54) is 11.3 Å². The molecular weight excluding hydrogens is 342 g/mol. The SMILES string of the molecule is COCOc1ccc(C=NNc2nc(C)cs2)cc1Br. The average Bonchev–Trinajstić information content (AvgIpc) is 2.84. The highest BCUT2D eigenvalue weighted by molar-refractivity contribution is 9.10. The zero-order valence-corrected chi connectivity index (χ0v) is 13.5. The molecule has 0 fully saturated rings. The minimum atomic E-state index is 0.219. The highest BCUT2D eigenvalue weighted by Gasteiger charge is 2.01. The van der Waals surface area contributed by atoms with E-state index in [-0.39, 0.29) is 6.79 Å². The molecule has 1 heterocycles. The minimum absolute atomic E-state index is 0.219. The maximum atomic E-state index is 5.38. The van der Waals surface area contributed by atoms with Gasteiger partial charge in [0.05, 0.1) is 16.4 Å². The van der Waals surface area contributed by atoms with Gasteiger partial charge in [0.2, 0.25) is 5.13 Å². The van der Waals surface area contributed by atoms with Crippen molar-refractivity contribution in [3.63, 3.8) is 0 Å². The van der Waals surface area contributed by atoms with E-state index in [0.29, 0.717) is 0 Å². The number of benzene rings is 1. The lowest BCUT2D eigenvalue weighted by Gasteiger charge is -2.07. The molecule has 0 bridgehead atoms. The summed E-state index contributed by atoms with van der Waals surface area (Å²) >= 11 is 4.96.